The molecule has 5 aromatic heterocycles. The first kappa shape index (κ1) is 19.3. The maximum absolute atomic E-state index is 12.7. The first-order valence-electron chi connectivity index (χ1n) is 9.87. The Labute approximate surface area is 182 Å². The molecule has 0 aromatic carbocycles. The van der Waals surface area contributed by atoms with Crippen molar-refractivity contribution < 1.29 is 4.79 Å². The van der Waals surface area contributed by atoms with E-state index in [1.807, 2.05) is 35.9 Å². The molecule has 0 aliphatic carbocycles. The molecule has 0 saturated carbocycles. The molecule has 5 aromatic rings. The summed E-state index contributed by atoms with van der Waals surface area (Å²) in [4.78, 5) is 21.7. The van der Waals surface area contributed by atoms with E-state index in [-0.39, 0.29) is 5.78 Å². The number of nitrogens with zero attached hydrogens (tertiary/aromatic N) is 6. The van der Waals surface area contributed by atoms with E-state index in [9.17, 15) is 4.79 Å². The van der Waals surface area contributed by atoms with E-state index in [0.29, 0.717) is 35.8 Å². The van der Waals surface area contributed by atoms with E-state index in [1.54, 1.807) is 39.9 Å². The van der Waals surface area contributed by atoms with Gasteiger partial charge in [-0.3, -0.25) is 13.9 Å². The summed E-state index contributed by atoms with van der Waals surface area (Å²) in [7, 11) is 0. The van der Waals surface area contributed by atoms with E-state index in [1.165, 1.54) is 5.56 Å². The molecule has 0 unspecified atom stereocenters. The van der Waals surface area contributed by atoms with Crippen LogP contribution < -0.4 is 5.73 Å². The second-order valence-corrected chi connectivity index (χ2v) is 8.04. The molecule has 31 heavy (non-hydrogen) atoms. The molecule has 0 aliphatic heterocycles. The van der Waals surface area contributed by atoms with Gasteiger partial charge in [0.05, 0.1) is 35.2 Å². The summed E-state index contributed by atoms with van der Waals surface area (Å²) in [6.45, 7) is 2.54. The van der Waals surface area contributed by atoms with Gasteiger partial charge in [-0.15, -0.1) is 0 Å². The number of fused-ring (bicyclic) bond motifs is 2. The molecular formula is C22H20ClN7O. The molecule has 0 amide bonds. The maximum Gasteiger partial charge on any atom is 0.166 e. The molecule has 2 N–H and O–H groups in total. The summed E-state index contributed by atoms with van der Waals surface area (Å²) in [5.41, 5.74) is 11.1. The lowest BCUT2D eigenvalue weighted by Gasteiger charge is -2.02. The van der Waals surface area contributed by atoms with Gasteiger partial charge in [0.25, 0.3) is 0 Å². The van der Waals surface area contributed by atoms with Gasteiger partial charge in [-0.1, -0.05) is 17.7 Å². The minimum absolute atomic E-state index is 0.00743. The monoisotopic (exact) mass is 433 g/mol. The van der Waals surface area contributed by atoms with Crippen molar-refractivity contribution in [3.8, 4) is 0 Å². The zero-order valence-corrected chi connectivity index (χ0v) is 17.6. The number of imidazole rings is 2. The Morgan fingerprint density at radius 3 is 2.94 bits per heavy atom. The van der Waals surface area contributed by atoms with Crippen molar-refractivity contribution >= 4 is 34.4 Å². The molecule has 8 nitrogen and oxygen atoms in total. The van der Waals surface area contributed by atoms with Gasteiger partial charge < -0.3 is 10.1 Å². The summed E-state index contributed by atoms with van der Waals surface area (Å²) in [5.74, 6) is 0.518. The van der Waals surface area contributed by atoms with Crippen LogP contribution in [0.5, 0.6) is 0 Å². The number of anilines is 1. The van der Waals surface area contributed by atoms with E-state index >= 15 is 0 Å². The summed E-state index contributed by atoms with van der Waals surface area (Å²) >= 11 is 6.11. The Balaban J connectivity index is 1.28. The summed E-state index contributed by atoms with van der Waals surface area (Å²) in [6.07, 6.45) is 9.83. The van der Waals surface area contributed by atoms with Gasteiger partial charge in [0, 0.05) is 30.0 Å². The summed E-state index contributed by atoms with van der Waals surface area (Å²) < 4.78 is 5.49. The number of aromatic nitrogens is 6. The van der Waals surface area contributed by atoms with Gasteiger partial charge in [-0.2, -0.15) is 5.10 Å². The molecule has 5 rings (SSSR count). The second kappa shape index (κ2) is 7.55. The van der Waals surface area contributed by atoms with Crippen molar-refractivity contribution in [3.63, 3.8) is 0 Å². The average molecular weight is 434 g/mol. The van der Waals surface area contributed by atoms with Gasteiger partial charge >= 0.3 is 0 Å². The van der Waals surface area contributed by atoms with Crippen molar-refractivity contribution in [2.45, 2.75) is 26.3 Å². The third-order valence-electron chi connectivity index (χ3n) is 5.24. The molecule has 156 valence electrons. The predicted octanol–water partition coefficient (Wildman–Crippen LogP) is 3.59. The Bertz CT molecular complexity index is 1430. The fourth-order valence-corrected chi connectivity index (χ4v) is 3.91. The molecule has 5 heterocycles. The fraction of sp³-hybridized carbons (Fsp3) is 0.182. The maximum atomic E-state index is 12.7. The summed E-state index contributed by atoms with van der Waals surface area (Å²) in [5, 5.41) is 4.87. The van der Waals surface area contributed by atoms with Crippen molar-refractivity contribution in [2.75, 3.05) is 5.73 Å². The Kier molecular flexibility index (Phi) is 4.71. The van der Waals surface area contributed by atoms with Crippen LogP contribution in [-0.2, 0) is 13.0 Å². The quantitative estimate of drug-likeness (QED) is 0.413. The number of nitrogen functional groups attached to an aromatic ring is 1. The highest BCUT2D eigenvalue weighted by Gasteiger charge is 2.13. The van der Waals surface area contributed by atoms with Crippen LogP contribution in [0, 0.1) is 6.92 Å². The molecule has 0 fully saturated rings. The lowest BCUT2D eigenvalue weighted by Crippen LogP contribution is -2.02. The van der Waals surface area contributed by atoms with Crippen LogP contribution in [0.25, 0.3) is 11.2 Å². The van der Waals surface area contributed by atoms with Gasteiger partial charge in [-0.25, -0.2) is 9.97 Å². The Morgan fingerprint density at radius 2 is 2.06 bits per heavy atom. The predicted molar refractivity (Wildman–Crippen MR) is 119 cm³/mol. The third-order valence-corrected chi connectivity index (χ3v) is 5.46. The molecule has 0 spiro atoms. The van der Waals surface area contributed by atoms with Crippen molar-refractivity contribution in [2.24, 2.45) is 0 Å². The van der Waals surface area contributed by atoms with E-state index in [0.717, 1.165) is 22.6 Å². The lowest BCUT2D eigenvalue weighted by molar-refractivity contribution is 0.0982. The number of pyridine rings is 2. The number of rotatable bonds is 6. The molecular weight excluding hydrogens is 414 g/mol. The number of carbonyl (C=O) groups excluding carboxylic acids is 1. The summed E-state index contributed by atoms with van der Waals surface area (Å²) in [6, 6.07) is 7.49. The highest BCUT2D eigenvalue weighted by Crippen LogP contribution is 2.21. The smallest absolute Gasteiger partial charge is 0.166 e. The van der Waals surface area contributed by atoms with Crippen LogP contribution in [0.1, 0.15) is 33.7 Å². The molecule has 0 atom stereocenters. The average Bonchev–Trinajstić information content (AvgIpc) is 3.44. The highest BCUT2D eigenvalue weighted by molar-refractivity contribution is 6.31. The third kappa shape index (κ3) is 3.77. The van der Waals surface area contributed by atoms with Crippen molar-refractivity contribution in [1.29, 1.82) is 0 Å². The SMILES string of the molecule is Cc1ccc2nc(Cn3cc(C(=O)CCc4ncn5c(N)cc(Cl)cc45)cn3)cn2c1. The molecule has 9 heteroatoms. The number of nitrogens with two attached hydrogens (primary N) is 1. The largest absolute Gasteiger partial charge is 0.385 e. The number of aryl methyl sites for hydroxylation is 2. The van der Waals surface area contributed by atoms with Crippen molar-refractivity contribution in [3.05, 3.63) is 82.9 Å². The number of halogens is 1. The van der Waals surface area contributed by atoms with Crippen LogP contribution >= 0.6 is 11.6 Å². The number of carbonyl (C=O) groups is 1. The van der Waals surface area contributed by atoms with Gasteiger partial charge in [0.2, 0.25) is 0 Å². The van der Waals surface area contributed by atoms with Crippen LogP contribution in [0.15, 0.2) is 55.4 Å². The first-order chi connectivity index (χ1) is 15.0. The van der Waals surface area contributed by atoms with E-state index in [2.05, 4.69) is 15.1 Å². The molecule has 0 radical (unpaired) electrons. The minimum Gasteiger partial charge on any atom is -0.385 e. The Hall–Kier alpha value is -3.65. The topological polar surface area (TPSA) is 95.5 Å². The van der Waals surface area contributed by atoms with Crippen LogP contribution in [0.2, 0.25) is 5.02 Å². The van der Waals surface area contributed by atoms with Crippen molar-refractivity contribution in [1.82, 2.24) is 28.5 Å². The Morgan fingerprint density at radius 1 is 1.19 bits per heavy atom. The van der Waals surface area contributed by atoms with Crippen LogP contribution in [-0.4, -0.2) is 34.3 Å². The number of ketones is 1. The van der Waals surface area contributed by atoms with Crippen LogP contribution in [0.3, 0.4) is 0 Å². The highest BCUT2D eigenvalue weighted by atomic mass is 35.5. The number of hydrogen-bond acceptors (Lipinski definition) is 5. The van der Waals surface area contributed by atoms with Crippen LogP contribution in [0.4, 0.5) is 5.82 Å². The van der Waals surface area contributed by atoms with Gasteiger partial charge in [0.15, 0.2) is 5.78 Å². The molecule has 0 bridgehead atoms. The van der Waals surface area contributed by atoms with Gasteiger partial charge in [0.1, 0.15) is 17.8 Å². The second-order valence-electron chi connectivity index (χ2n) is 7.60. The minimum atomic E-state index is 0.00743. The lowest BCUT2D eigenvalue weighted by atomic mass is 10.1. The number of Topliss-reactive ketones (excluding diaryl/α,β-unsaturated/α-hetero) is 1. The van der Waals surface area contributed by atoms with Gasteiger partial charge in [-0.05, 0) is 37.1 Å². The fourth-order valence-electron chi connectivity index (χ4n) is 3.70. The first-order valence-corrected chi connectivity index (χ1v) is 10.2. The van der Waals surface area contributed by atoms with E-state index in [4.69, 9.17) is 17.3 Å². The zero-order chi connectivity index (χ0) is 21.5. The standard InChI is InChI=1S/C22H20ClN7O/c1-14-2-5-22-27-17(11-28(22)9-14)12-29-10-15(8-26-29)20(31)4-3-18-19-6-16(23)7-21(24)30(19)13-25-18/h2,5-11,13H,3-4,12,24H2,1H3. The molecule has 0 saturated heterocycles. The molecule has 0 aliphatic rings. The normalized spacial score (nSPS) is 11.5. The van der Waals surface area contributed by atoms with E-state index < -0.39 is 0 Å². The number of hydrogen-bond donors (Lipinski definition) is 1. The zero-order valence-electron chi connectivity index (χ0n) is 16.9.